The summed E-state index contributed by atoms with van der Waals surface area (Å²) in [5.74, 6) is -0.735. The number of carboxylic acid groups (broad SMARTS) is 1. The number of hydrogen-bond donors (Lipinski definition) is 1. The van der Waals surface area contributed by atoms with E-state index in [1.165, 1.54) is 25.7 Å². The van der Waals surface area contributed by atoms with Gasteiger partial charge in [-0.3, -0.25) is 9.69 Å². The van der Waals surface area contributed by atoms with E-state index in [0.29, 0.717) is 12.6 Å². The van der Waals surface area contributed by atoms with Crippen LogP contribution in [0, 0.1) is 0 Å². The minimum Gasteiger partial charge on any atom is -0.480 e. The normalized spacial score (nSPS) is 18.7. The van der Waals surface area contributed by atoms with E-state index in [0.717, 1.165) is 12.8 Å². The number of aliphatic carboxylic acids is 1. The molecule has 86 valence electrons. The second-order valence-corrected chi connectivity index (χ2v) is 4.26. The average molecular weight is 211 g/mol. The standard InChI is InChI=1S/C12H21NO2/c1-2-9-13(10-12(14)15)11-7-5-3-4-6-8-11/h2,11H,1,3-10H2,(H,14,15). The first-order valence-electron chi connectivity index (χ1n) is 5.80. The summed E-state index contributed by atoms with van der Waals surface area (Å²) >= 11 is 0. The van der Waals surface area contributed by atoms with Crippen molar-refractivity contribution in [2.24, 2.45) is 0 Å². The van der Waals surface area contributed by atoms with Crippen molar-refractivity contribution in [1.29, 1.82) is 0 Å². The Morgan fingerprint density at radius 1 is 1.33 bits per heavy atom. The quantitative estimate of drug-likeness (QED) is 0.560. The highest BCUT2D eigenvalue weighted by Crippen LogP contribution is 2.21. The molecule has 1 N–H and O–H groups in total. The predicted molar refractivity (Wildman–Crippen MR) is 60.9 cm³/mol. The summed E-state index contributed by atoms with van der Waals surface area (Å²) < 4.78 is 0. The van der Waals surface area contributed by atoms with Gasteiger partial charge in [0.15, 0.2) is 0 Å². The Morgan fingerprint density at radius 2 is 1.93 bits per heavy atom. The molecular weight excluding hydrogens is 190 g/mol. The predicted octanol–water partition coefficient (Wildman–Crippen LogP) is 2.28. The molecule has 3 heteroatoms. The fourth-order valence-corrected chi connectivity index (χ4v) is 2.31. The largest absolute Gasteiger partial charge is 0.480 e. The minimum atomic E-state index is -0.735. The van der Waals surface area contributed by atoms with Gasteiger partial charge in [0.05, 0.1) is 6.54 Å². The molecule has 0 amide bonds. The van der Waals surface area contributed by atoms with Crippen LogP contribution in [0.15, 0.2) is 12.7 Å². The first kappa shape index (κ1) is 12.2. The van der Waals surface area contributed by atoms with Gasteiger partial charge in [0.2, 0.25) is 0 Å². The molecule has 3 nitrogen and oxygen atoms in total. The smallest absolute Gasteiger partial charge is 0.317 e. The Morgan fingerprint density at radius 3 is 2.40 bits per heavy atom. The van der Waals surface area contributed by atoms with Gasteiger partial charge in [0, 0.05) is 12.6 Å². The van der Waals surface area contributed by atoms with Crippen LogP contribution in [0.1, 0.15) is 38.5 Å². The molecular formula is C12H21NO2. The zero-order chi connectivity index (χ0) is 11.1. The molecule has 1 rings (SSSR count). The zero-order valence-corrected chi connectivity index (χ0v) is 9.32. The highest BCUT2D eigenvalue weighted by Gasteiger charge is 2.20. The monoisotopic (exact) mass is 211 g/mol. The average Bonchev–Trinajstić information content (AvgIpc) is 2.44. The third-order valence-corrected chi connectivity index (χ3v) is 3.04. The Balaban J connectivity index is 2.51. The molecule has 0 spiro atoms. The molecule has 0 radical (unpaired) electrons. The van der Waals surface area contributed by atoms with Crippen LogP contribution in [0.2, 0.25) is 0 Å². The maximum atomic E-state index is 10.7. The van der Waals surface area contributed by atoms with Crippen molar-refractivity contribution < 1.29 is 9.90 Å². The third-order valence-electron chi connectivity index (χ3n) is 3.04. The second kappa shape index (κ2) is 6.62. The van der Waals surface area contributed by atoms with Crippen molar-refractivity contribution >= 4 is 5.97 Å². The lowest BCUT2D eigenvalue weighted by Gasteiger charge is -2.28. The summed E-state index contributed by atoms with van der Waals surface area (Å²) in [6, 6.07) is 0.446. The SMILES string of the molecule is C=CCN(CC(=O)O)C1CCCCCC1. The molecule has 0 aromatic rings. The topological polar surface area (TPSA) is 40.5 Å². The van der Waals surface area contributed by atoms with Crippen LogP contribution in [0.4, 0.5) is 0 Å². The molecule has 1 aliphatic rings. The highest BCUT2D eigenvalue weighted by molar-refractivity contribution is 5.69. The van der Waals surface area contributed by atoms with Gasteiger partial charge in [-0.1, -0.05) is 31.8 Å². The molecule has 0 aromatic heterocycles. The van der Waals surface area contributed by atoms with Gasteiger partial charge >= 0.3 is 5.97 Å². The summed E-state index contributed by atoms with van der Waals surface area (Å²) in [7, 11) is 0. The molecule has 0 bridgehead atoms. The van der Waals surface area contributed by atoms with Gasteiger partial charge in [-0.05, 0) is 12.8 Å². The Kier molecular flexibility index (Phi) is 5.40. The lowest BCUT2D eigenvalue weighted by atomic mass is 10.1. The fourth-order valence-electron chi connectivity index (χ4n) is 2.31. The molecule has 1 fully saturated rings. The van der Waals surface area contributed by atoms with E-state index in [-0.39, 0.29) is 6.54 Å². The van der Waals surface area contributed by atoms with Gasteiger partial charge in [-0.25, -0.2) is 0 Å². The Labute approximate surface area is 91.8 Å². The van der Waals surface area contributed by atoms with Crippen LogP contribution in [0.5, 0.6) is 0 Å². The minimum absolute atomic E-state index is 0.149. The molecule has 1 saturated carbocycles. The molecule has 0 saturated heterocycles. The van der Waals surface area contributed by atoms with Gasteiger partial charge in [0.1, 0.15) is 0 Å². The van der Waals surface area contributed by atoms with Crippen LogP contribution in [0.3, 0.4) is 0 Å². The van der Waals surface area contributed by atoms with E-state index >= 15 is 0 Å². The van der Waals surface area contributed by atoms with E-state index in [9.17, 15) is 4.79 Å². The molecule has 0 atom stereocenters. The Hall–Kier alpha value is -0.830. The molecule has 0 aliphatic heterocycles. The van der Waals surface area contributed by atoms with Crippen LogP contribution in [-0.4, -0.2) is 35.1 Å². The van der Waals surface area contributed by atoms with Crippen LogP contribution in [-0.2, 0) is 4.79 Å². The first-order chi connectivity index (χ1) is 7.24. The van der Waals surface area contributed by atoms with E-state index < -0.39 is 5.97 Å². The van der Waals surface area contributed by atoms with Crippen molar-refractivity contribution in [3.05, 3.63) is 12.7 Å². The van der Waals surface area contributed by atoms with Gasteiger partial charge in [0.25, 0.3) is 0 Å². The molecule has 0 aromatic carbocycles. The molecule has 1 aliphatic carbocycles. The number of rotatable bonds is 5. The van der Waals surface area contributed by atoms with Gasteiger partial charge < -0.3 is 5.11 Å². The molecule has 0 unspecified atom stereocenters. The van der Waals surface area contributed by atoms with Crippen molar-refractivity contribution in [3.63, 3.8) is 0 Å². The van der Waals surface area contributed by atoms with Crippen LogP contribution in [0.25, 0.3) is 0 Å². The summed E-state index contributed by atoms with van der Waals surface area (Å²) in [6.07, 6.45) is 9.14. The summed E-state index contributed by atoms with van der Waals surface area (Å²) in [6.45, 7) is 4.53. The number of carbonyl (C=O) groups is 1. The first-order valence-corrected chi connectivity index (χ1v) is 5.80. The number of carboxylic acids is 1. The lowest BCUT2D eigenvalue weighted by molar-refractivity contribution is -0.138. The summed E-state index contributed by atoms with van der Waals surface area (Å²) in [5.41, 5.74) is 0. The second-order valence-electron chi connectivity index (χ2n) is 4.26. The van der Waals surface area contributed by atoms with Crippen molar-refractivity contribution in [2.45, 2.75) is 44.6 Å². The van der Waals surface area contributed by atoms with E-state index in [1.807, 2.05) is 4.90 Å². The van der Waals surface area contributed by atoms with Crippen LogP contribution < -0.4 is 0 Å². The van der Waals surface area contributed by atoms with E-state index in [2.05, 4.69) is 6.58 Å². The third kappa shape index (κ3) is 4.47. The van der Waals surface area contributed by atoms with Gasteiger partial charge in [-0.2, -0.15) is 0 Å². The number of nitrogens with zero attached hydrogens (tertiary/aromatic N) is 1. The maximum absolute atomic E-state index is 10.7. The zero-order valence-electron chi connectivity index (χ0n) is 9.32. The summed E-state index contributed by atoms with van der Waals surface area (Å²) in [4.78, 5) is 12.8. The summed E-state index contributed by atoms with van der Waals surface area (Å²) in [5, 5.41) is 8.84. The maximum Gasteiger partial charge on any atom is 0.317 e. The Bertz CT molecular complexity index is 208. The fraction of sp³-hybridized carbons (Fsp3) is 0.750. The van der Waals surface area contributed by atoms with Crippen molar-refractivity contribution in [1.82, 2.24) is 4.90 Å². The number of hydrogen-bond acceptors (Lipinski definition) is 2. The highest BCUT2D eigenvalue weighted by atomic mass is 16.4. The van der Waals surface area contributed by atoms with Gasteiger partial charge in [-0.15, -0.1) is 6.58 Å². The van der Waals surface area contributed by atoms with Crippen LogP contribution >= 0.6 is 0 Å². The van der Waals surface area contributed by atoms with E-state index in [4.69, 9.17) is 5.11 Å². The molecule has 15 heavy (non-hydrogen) atoms. The van der Waals surface area contributed by atoms with Crippen molar-refractivity contribution in [3.8, 4) is 0 Å². The van der Waals surface area contributed by atoms with Crippen molar-refractivity contribution in [2.75, 3.05) is 13.1 Å². The molecule has 0 heterocycles. The lowest BCUT2D eigenvalue weighted by Crippen LogP contribution is -2.38. The van der Waals surface area contributed by atoms with E-state index in [1.54, 1.807) is 6.08 Å².